The predicted molar refractivity (Wildman–Crippen MR) is 59.7 cm³/mol. The Hall–Kier alpha value is -2.24. The van der Waals surface area contributed by atoms with Gasteiger partial charge in [-0.05, 0) is 12.1 Å². The number of Topliss-reactive ketones (excluding diaryl/α,β-unsaturated/α-hetero) is 1. The zero-order valence-corrected chi connectivity index (χ0v) is 9.60. The first kappa shape index (κ1) is 12.2. The van der Waals surface area contributed by atoms with E-state index in [4.69, 9.17) is 0 Å². The van der Waals surface area contributed by atoms with Gasteiger partial charge in [0.2, 0.25) is 0 Å². The van der Waals surface area contributed by atoms with Crippen molar-refractivity contribution in [3.05, 3.63) is 29.6 Å². The van der Waals surface area contributed by atoms with E-state index in [-0.39, 0.29) is 24.2 Å². The Morgan fingerprint density at radius 2 is 2.11 bits per heavy atom. The lowest BCUT2D eigenvalue weighted by Gasteiger charge is -2.15. The molecule has 6 heteroatoms. The number of carbonyl (C=O) groups is 3. The highest BCUT2D eigenvalue weighted by molar-refractivity contribution is 6.52. The average molecular weight is 251 g/mol. The van der Waals surface area contributed by atoms with Crippen molar-refractivity contribution in [1.29, 1.82) is 0 Å². The molecule has 0 unspecified atom stereocenters. The zero-order valence-electron chi connectivity index (χ0n) is 9.60. The van der Waals surface area contributed by atoms with E-state index in [1.807, 2.05) is 0 Å². The number of hydrogen-bond acceptors (Lipinski definition) is 4. The number of amides is 1. The maximum absolute atomic E-state index is 13.6. The van der Waals surface area contributed by atoms with Gasteiger partial charge in [-0.2, -0.15) is 0 Å². The lowest BCUT2D eigenvalue weighted by molar-refractivity contribution is -0.140. The maximum atomic E-state index is 13.6. The van der Waals surface area contributed by atoms with E-state index in [0.29, 0.717) is 0 Å². The number of esters is 1. The number of carbonyl (C=O) groups excluding carboxylic acids is 3. The molecule has 0 radical (unpaired) electrons. The molecule has 0 saturated heterocycles. The number of anilines is 1. The fourth-order valence-corrected chi connectivity index (χ4v) is 1.83. The summed E-state index contributed by atoms with van der Waals surface area (Å²) in [7, 11) is 1.22. The molecule has 0 atom stereocenters. The van der Waals surface area contributed by atoms with Gasteiger partial charge in [0.05, 0.1) is 24.8 Å². The van der Waals surface area contributed by atoms with Crippen molar-refractivity contribution in [3.63, 3.8) is 0 Å². The van der Waals surface area contributed by atoms with Crippen molar-refractivity contribution >= 4 is 23.3 Å². The van der Waals surface area contributed by atoms with Gasteiger partial charge in [0.1, 0.15) is 5.82 Å². The minimum absolute atomic E-state index is 0.0323. The predicted octanol–water partition coefficient (Wildman–Crippen LogP) is 0.918. The SMILES string of the molecule is COC(=O)CCN1C(=O)C(=O)c2cccc(F)c21. The molecule has 1 aromatic rings. The van der Waals surface area contributed by atoms with Crippen molar-refractivity contribution in [2.45, 2.75) is 6.42 Å². The van der Waals surface area contributed by atoms with E-state index in [2.05, 4.69) is 4.74 Å². The summed E-state index contributed by atoms with van der Waals surface area (Å²) in [4.78, 5) is 35.3. The Bertz CT molecular complexity index is 541. The summed E-state index contributed by atoms with van der Waals surface area (Å²) in [6, 6.07) is 3.91. The standard InChI is InChI=1S/C12H10FNO4/c1-18-9(15)5-6-14-10-7(11(16)12(14)17)3-2-4-8(10)13/h2-4H,5-6H2,1H3. The first-order chi connectivity index (χ1) is 8.56. The van der Waals surface area contributed by atoms with Crippen LogP contribution in [0.15, 0.2) is 18.2 Å². The molecule has 0 aliphatic carbocycles. The first-order valence-electron chi connectivity index (χ1n) is 5.27. The molecule has 0 fully saturated rings. The number of hydrogen-bond donors (Lipinski definition) is 0. The van der Waals surface area contributed by atoms with Gasteiger partial charge in [-0.25, -0.2) is 4.39 Å². The van der Waals surface area contributed by atoms with Crippen LogP contribution in [0.4, 0.5) is 10.1 Å². The van der Waals surface area contributed by atoms with Gasteiger partial charge in [-0.3, -0.25) is 14.4 Å². The molecule has 94 valence electrons. The quantitative estimate of drug-likeness (QED) is 0.592. The number of ketones is 1. The molecule has 1 heterocycles. The normalized spacial score (nSPS) is 13.8. The van der Waals surface area contributed by atoms with E-state index >= 15 is 0 Å². The number of para-hydroxylation sites is 1. The molecule has 0 aromatic heterocycles. The van der Waals surface area contributed by atoms with E-state index in [0.717, 1.165) is 11.0 Å². The summed E-state index contributed by atoms with van der Waals surface area (Å²) in [6.45, 7) is -0.0782. The first-order valence-corrected chi connectivity index (χ1v) is 5.27. The molecule has 1 amide bonds. The number of benzene rings is 1. The van der Waals surface area contributed by atoms with Crippen LogP contribution in [-0.2, 0) is 14.3 Å². The molecule has 1 aliphatic rings. The Labute approximate surface area is 102 Å². The minimum Gasteiger partial charge on any atom is -0.469 e. The smallest absolute Gasteiger partial charge is 0.307 e. The van der Waals surface area contributed by atoms with Crippen LogP contribution in [0.1, 0.15) is 16.8 Å². The summed E-state index contributed by atoms with van der Waals surface area (Å²) in [6.07, 6.45) is -0.0940. The molecule has 1 aliphatic heterocycles. The molecule has 0 N–H and O–H groups in total. The Morgan fingerprint density at radius 3 is 2.78 bits per heavy atom. The average Bonchev–Trinajstić information content (AvgIpc) is 2.61. The lowest BCUT2D eigenvalue weighted by atomic mass is 10.1. The second-order valence-electron chi connectivity index (χ2n) is 3.75. The van der Waals surface area contributed by atoms with E-state index in [1.54, 1.807) is 0 Å². The summed E-state index contributed by atoms with van der Waals surface area (Å²) in [5, 5.41) is 0. The van der Waals surface area contributed by atoms with Gasteiger partial charge >= 0.3 is 5.97 Å². The number of halogens is 1. The van der Waals surface area contributed by atoms with Crippen molar-refractivity contribution in [3.8, 4) is 0 Å². The zero-order chi connectivity index (χ0) is 13.3. The maximum Gasteiger partial charge on any atom is 0.307 e. The van der Waals surface area contributed by atoms with Crippen LogP contribution in [0.5, 0.6) is 0 Å². The van der Waals surface area contributed by atoms with Crippen molar-refractivity contribution in [2.75, 3.05) is 18.6 Å². The topological polar surface area (TPSA) is 63.7 Å². The second kappa shape index (κ2) is 4.56. The molecule has 2 rings (SSSR count). The molecule has 5 nitrogen and oxygen atoms in total. The largest absolute Gasteiger partial charge is 0.469 e. The highest BCUT2D eigenvalue weighted by Crippen LogP contribution is 2.31. The fourth-order valence-electron chi connectivity index (χ4n) is 1.83. The van der Waals surface area contributed by atoms with Crippen LogP contribution in [0, 0.1) is 5.82 Å². The molecule has 0 saturated carbocycles. The van der Waals surface area contributed by atoms with E-state index in [9.17, 15) is 18.8 Å². The van der Waals surface area contributed by atoms with E-state index in [1.165, 1.54) is 19.2 Å². The van der Waals surface area contributed by atoms with Gasteiger partial charge in [0.15, 0.2) is 0 Å². The summed E-state index contributed by atoms with van der Waals surface area (Å²) >= 11 is 0. The summed E-state index contributed by atoms with van der Waals surface area (Å²) in [5.74, 6) is -2.76. The van der Waals surface area contributed by atoms with Crippen molar-refractivity contribution in [1.82, 2.24) is 0 Å². The number of methoxy groups -OCH3 is 1. The Kier molecular flexibility index (Phi) is 3.10. The Morgan fingerprint density at radius 1 is 1.39 bits per heavy atom. The third-order valence-corrected chi connectivity index (χ3v) is 2.71. The monoisotopic (exact) mass is 251 g/mol. The lowest BCUT2D eigenvalue weighted by Crippen LogP contribution is -2.32. The Balaban J connectivity index is 2.31. The molecular formula is C12H10FNO4. The third-order valence-electron chi connectivity index (χ3n) is 2.71. The molecule has 0 spiro atoms. The number of rotatable bonds is 3. The van der Waals surface area contributed by atoms with Crippen LogP contribution >= 0.6 is 0 Å². The van der Waals surface area contributed by atoms with Gasteiger partial charge in [0, 0.05) is 6.54 Å². The van der Waals surface area contributed by atoms with Crippen LogP contribution in [0.2, 0.25) is 0 Å². The highest BCUT2D eigenvalue weighted by atomic mass is 19.1. The number of ether oxygens (including phenoxy) is 1. The fraction of sp³-hybridized carbons (Fsp3) is 0.250. The van der Waals surface area contributed by atoms with Crippen molar-refractivity contribution < 1.29 is 23.5 Å². The number of fused-ring (bicyclic) bond motifs is 1. The van der Waals surface area contributed by atoms with Gasteiger partial charge in [0.25, 0.3) is 11.7 Å². The number of nitrogens with zero attached hydrogens (tertiary/aromatic N) is 1. The van der Waals surface area contributed by atoms with Crippen LogP contribution in [0.25, 0.3) is 0 Å². The second-order valence-corrected chi connectivity index (χ2v) is 3.75. The third kappa shape index (κ3) is 1.85. The minimum atomic E-state index is -0.820. The van der Waals surface area contributed by atoms with Crippen LogP contribution in [-0.4, -0.2) is 31.3 Å². The highest BCUT2D eigenvalue weighted by Gasteiger charge is 2.37. The summed E-state index contributed by atoms with van der Waals surface area (Å²) < 4.78 is 18.1. The van der Waals surface area contributed by atoms with Crippen LogP contribution < -0.4 is 4.90 Å². The van der Waals surface area contributed by atoms with Crippen molar-refractivity contribution in [2.24, 2.45) is 0 Å². The molecular weight excluding hydrogens is 241 g/mol. The van der Waals surface area contributed by atoms with E-state index < -0.39 is 23.5 Å². The van der Waals surface area contributed by atoms with Gasteiger partial charge in [-0.1, -0.05) is 6.07 Å². The van der Waals surface area contributed by atoms with Gasteiger partial charge < -0.3 is 9.64 Å². The molecule has 1 aromatic carbocycles. The molecule has 18 heavy (non-hydrogen) atoms. The van der Waals surface area contributed by atoms with Crippen LogP contribution in [0.3, 0.4) is 0 Å². The van der Waals surface area contributed by atoms with Gasteiger partial charge in [-0.15, -0.1) is 0 Å². The summed E-state index contributed by atoms with van der Waals surface area (Å²) in [5.41, 5.74) is -0.0266. The molecule has 0 bridgehead atoms.